The SMILES string of the molecule is CC(=O)N1CCOc2ccc(S(=O)(=O)Nc3ccc4c(c3)OCO4)cc21. The predicted molar refractivity (Wildman–Crippen MR) is 93.3 cm³/mol. The van der Waals surface area contributed by atoms with E-state index >= 15 is 0 Å². The van der Waals surface area contributed by atoms with Crippen LogP contribution in [0.25, 0.3) is 0 Å². The van der Waals surface area contributed by atoms with Crippen molar-refractivity contribution in [2.24, 2.45) is 0 Å². The van der Waals surface area contributed by atoms with Gasteiger partial charge in [0.25, 0.3) is 10.0 Å². The van der Waals surface area contributed by atoms with E-state index in [1.807, 2.05) is 0 Å². The quantitative estimate of drug-likeness (QED) is 0.880. The van der Waals surface area contributed by atoms with Gasteiger partial charge in [0, 0.05) is 13.0 Å². The van der Waals surface area contributed by atoms with Crippen LogP contribution in [0.3, 0.4) is 0 Å². The van der Waals surface area contributed by atoms with Crippen molar-refractivity contribution in [1.82, 2.24) is 0 Å². The Morgan fingerprint density at radius 3 is 2.62 bits per heavy atom. The Bertz CT molecular complexity index is 989. The third kappa shape index (κ3) is 2.90. The fraction of sp³-hybridized carbons (Fsp3) is 0.235. The summed E-state index contributed by atoms with van der Waals surface area (Å²) in [5, 5.41) is 0. The van der Waals surface area contributed by atoms with Crippen LogP contribution in [-0.4, -0.2) is 34.3 Å². The van der Waals surface area contributed by atoms with Crippen LogP contribution in [0.1, 0.15) is 6.92 Å². The molecule has 0 radical (unpaired) electrons. The second-order valence-electron chi connectivity index (χ2n) is 5.82. The monoisotopic (exact) mass is 376 g/mol. The summed E-state index contributed by atoms with van der Waals surface area (Å²) >= 11 is 0. The van der Waals surface area contributed by atoms with Gasteiger partial charge in [-0.05, 0) is 30.3 Å². The third-order valence-corrected chi connectivity index (χ3v) is 5.49. The van der Waals surface area contributed by atoms with E-state index < -0.39 is 10.0 Å². The maximum Gasteiger partial charge on any atom is 0.261 e. The Morgan fingerprint density at radius 1 is 1.04 bits per heavy atom. The van der Waals surface area contributed by atoms with E-state index in [1.54, 1.807) is 24.3 Å². The van der Waals surface area contributed by atoms with Gasteiger partial charge >= 0.3 is 0 Å². The van der Waals surface area contributed by atoms with Crippen molar-refractivity contribution >= 4 is 27.3 Å². The number of anilines is 2. The van der Waals surface area contributed by atoms with Gasteiger partial charge in [-0.3, -0.25) is 9.52 Å². The van der Waals surface area contributed by atoms with E-state index in [-0.39, 0.29) is 17.6 Å². The first-order chi connectivity index (χ1) is 12.4. The minimum absolute atomic E-state index is 0.0330. The summed E-state index contributed by atoms with van der Waals surface area (Å²) in [6, 6.07) is 9.22. The van der Waals surface area contributed by atoms with Crippen LogP contribution in [0.4, 0.5) is 11.4 Å². The maximum atomic E-state index is 12.7. The number of carbonyl (C=O) groups is 1. The van der Waals surface area contributed by atoms with E-state index in [4.69, 9.17) is 14.2 Å². The van der Waals surface area contributed by atoms with Crippen molar-refractivity contribution in [2.75, 3.05) is 29.6 Å². The lowest BCUT2D eigenvalue weighted by atomic mass is 10.2. The van der Waals surface area contributed by atoms with Gasteiger partial charge in [0.1, 0.15) is 12.4 Å². The maximum absolute atomic E-state index is 12.7. The van der Waals surface area contributed by atoms with Crippen molar-refractivity contribution in [3.05, 3.63) is 36.4 Å². The Morgan fingerprint density at radius 2 is 1.81 bits per heavy atom. The van der Waals surface area contributed by atoms with E-state index in [0.29, 0.717) is 41.8 Å². The van der Waals surface area contributed by atoms with E-state index in [9.17, 15) is 13.2 Å². The van der Waals surface area contributed by atoms with Crippen molar-refractivity contribution in [2.45, 2.75) is 11.8 Å². The largest absolute Gasteiger partial charge is 0.490 e. The molecule has 2 aliphatic heterocycles. The molecule has 1 amide bonds. The second-order valence-corrected chi connectivity index (χ2v) is 7.50. The molecule has 26 heavy (non-hydrogen) atoms. The lowest BCUT2D eigenvalue weighted by molar-refractivity contribution is -0.116. The Hall–Kier alpha value is -2.94. The Balaban J connectivity index is 1.66. The number of ether oxygens (including phenoxy) is 3. The lowest BCUT2D eigenvalue weighted by Gasteiger charge is -2.29. The Labute approximate surface area is 150 Å². The molecule has 2 aliphatic rings. The molecule has 0 unspecified atom stereocenters. The second kappa shape index (κ2) is 6.10. The third-order valence-electron chi connectivity index (χ3n) is 4.11. The summed E-state index contributed by atoms with van der Waals surface area (Å²) in [4.78, 5) is 13.3. The van der Waals surface area contributed by atoms with Gasteiger partial charge in [0.05, 0.1) is 22.8 Å². The van der Waals surface area contributed by atoms with Crippen LogP contribution in [0.2, 0.25) is 0 Å². The highest BCUT2D eigenvalue weighted by Gasteiger charge is 2.25. The number of benzene rings is 2. The van der Waals surface area contributed by atoms with Crippen LogP contribution in [0, 0.1) is 0 Å². The highest BCUT2D eigenvalue weighted by atomic mass is 32.2. The van der Waals surface area contributed by atoms with Crippen molar-refractivity contribution in [3.63, 3.8) is 0 Å². The van der Waals surface area contributed by atoms with Gasteiger partial charge in [-0.25, -0.2) is 8.42 Å². The number of amides is 1. The molecule has 0 aliphatic carbocycles. The summed E-state index contributed by atoms with van der Waals surface area (Å²) in [6.45, 7) is 2.29. The summed E-state index contributed by atoms with van der Waals surface area (Å²) < 4.78 is 44.0. The molecule has 2 heterocycles. The number of nitrogens with one attached hydrogen (secondary N) is 1. The number of sulfonamides is 1. The molecule has 0 saturated heterocycles. The molecule has 8 nitrogen and oxygen atoms in total. The molecule has 0 bridgehead atoms. The molecule has 4 rings (SSSR count). The molecule has 9 heteroatoms. The number of hydrogen-bond acceptors (Lipinski definition) is 6. The van der Waals surface area contributed by atoms with Gasteiger partial charge in [-0.1, -0.05) is 0 Å². The molecule has 0 aromatic heterocycles. The van der Waals surface area contributed by atoms with Gasteiger partial charge in [-0.15, -0.1) is 0 Å². The van der Waals surface area contributed by atoms with E-state index in [0.717, 1.165) is 0 Å². The van der Waals surface area contributed by atoms with Crippen LogP contribution in [0.15, 0.2) is 41.3 Å². The molecule has 1 N–H and O–H groups in total. The first kappa shape index (κ1) is 16.5. The van der Waals surface area contributed by atoms with E-state index in [1.165, 1.54) is 24.0 Å². The number of carbonyl (C=O) groups excluding carboxylic acids is 1. The standard InChI is InChI=1S/C17H16N2O6S/c1-11(20)19-6-7-23-15-5-3-13(9-14(15)19)26(21,22)18-12-2-4-16-17(8-12)25-10-24-16/h2-5,8-9,18H,6-7,10H2,1H3. The zero-order valence-corrected chi connectivity index (χ0v) is 14.7. The lowest BCUT2D eigenvalue weighted by Crippen LogP contribution is -2.36. The zero-order valence-electron chi connectivity index (χ0n) is 13.9. The molecular formula is C17H16N2O6S. The summed E-state index contributed by atoms with van der Waals surface area (Å²) in [6.07, 6.45) is 0. The fourth-order valence-electron chi connectivity index (χ4n) is 2.87. The first-order valence-corrected chi connectivity index (χ1v) is 9.40. The fourth-order valence-corrected chi connectivity index (χ4v) is 3.93. The van der Waals surface area contributed by atoms with Crippen molar-refractivity contribution in [3.8, 4) is 17.2 Å². The average Bonchev–Trinajstić information content (AvgIpc) is 3.08. The van der Waals surface area contributed by atoms with Gasteiger partial charge in [-0.2, -0.15) is 0 Å². The summed E-state index contributed by atoms with van der Waals surface area (Å²) in [5.41, 5.74) is 0.795. The predicted octanol–water partition coefficient (Wildman–Crippen LogP) is 1.96. The smallest absolute Gasteiger partial charge is 0.261 e. The molecule has 0 atom stereocenters. The van der Waals surface area contributed by atoms with Crippen LogP contribution in [-0.2, 0) is 14.8 Å². The molecule has 136 valence electrons. The highest BCUT2D eigenvalue weighted by molar-refractivity contribution is 7.92. The molecular weight excluding hydrogens is 360 g/mol. The molecule has 2 aromatic rings. The minimum atomic E-state index is -3.85. The molecule has 2 aromatic carbocycles. The van der Waals surface area contributed by atoms with Crippen LogP contribution < -0.4 is 23.8 Å². The van der Waals surface area contributed by atoms with Crippen molar-refractivity contribution in [1.29, 1.82) is 0 Å². The van der Waals surface area contributed by atoms with Crippen LogP contribution in [0.5, 0.6) is 17.2 Å². The highest BCUT2D eigenvalue weighted by Crippen LogP contribution is 2.36. The number of hydrogen-bond donors (Lipinski definition) is 1. The zero-order chi connectivity index (χ0) is 18.3. The van der Waals surface area contributed by atoms with Gasteiger partial charge in [0.2, 0.25) is 12.7 Å². The first-order valence-electron chi connectivity index (χ1n) is 7.91. The molecule has 0 spiro atoms. The minimum Gasteiger partial charge on any atom is -0.490 e. The average molecular weight is 376 g/mol. The van der Waals surface area contributed by atoms with Gasteiger partial charge < -0.3 is 19.1 Å². The van der Waals surface area contributed by atoms with Crippen LogP contribution >= 0.6 is 0 Å². The molecule has 0 fully saturated rings. The Kier molecular flexibility index (Phi) is 3.87. The van der Waals surface area contributed by atoms with E-state index in [2.05, 4.69) is 4.72 Å². The van der Waals surface area contributed by atoms with Crippen molar-refractivity contribution < 1.29 is 27.4 Å². The van der Waals surface area contributed by atoms with Gasteiger partial charge in [0.15, 0.2) is 11.5 Å². The number of rotatable bonds is 3. The molecule has 0 saturated carbocycles. The topological polar surface area (TPSA) is 94.2 Å². The summed E-state index contributed by atoms with van der Waals surface area (Å²) in [5.74, 6) is 1.35. The number of fused-ring (bicyclic) bond motifs is 2. The summed E-state index contributed by atoms with van der Waals surface area (Å²) in [7, 11) is -3.85. The number of nitrogens with zero attached hydrogens (tertiary/aromatic N) is 1. The normalized spacial score (nSPS) is 15.2.